The maximum atomic E-state index is 9.34. The Hall–Kier alpha value is -2.28. The predicted molar refractivity (Wildman–Crippen MR) is 81.8 cm³/mol. The summed E-state index contributed by atoms with van der Waals surface area (Å²) in [4.78, 5) is 6.52. The zero-order valence-electron chi connectivity index (χ0n) is 12.4. The number of hydrogen-bond donors (Lipinski definition) is 0. The van der Waals surface area contributed by atoms with Crippen molar-refractivity contribution in [1.29, 1.82) is 5.26 Å². The van der Waals surface area contributed by atoms with Crippen molar-refractivity contribution in [2.75, 3.05) is 18.0 Å². The molecule has 1 saturated heterocycles. The Labute approximate surface area is 125 Å². The second kappa shape index (κ2) is 5.61. The normalized spacial score (nSPS) is 22.0. The third-order valence-electron chi connectivity index (χ3n) is 3.89. The monoisotopic (exact) mass is 281 g/mol. The molecule has 2 heterocycles. The van der Waals surface area contributed by atoms with Gasteiger partial charge in [-0.15, -0.1) is 0 Å². The number of aromatic nitrogens is 1. The molecule has 1 aliphatic rings. The van der Waals surface area contributed by atoms with Crippen LogP contribution in [0.1, 0.15) is 26.0 Å². The summed E-state index contributed by atoms with van der Waals surface area (Å²) in [5, 5.41) is 9.34. The van der Waals surface area contributed by atoms with Gasteiger partial charge in [0.25, 0.3) is 0 Å². The fourth-order valence-corrected chi connectivity index (χ4v) is 3.13. The molecule has 0 aliphatic carbocycles. The zero-order valence-corrected chi connectivity index (χ0v) is 12.4. The first-order valence-electron chi connectivity index (χ1n) is 7.38. The van der Waals surface area contributed by atoms with Gasteiger partial charge in [-0.25, -0.2) is 0 Å². The molecule has 3 rings (SSSR count). The summed E-state index contributed by atoms with van der Waals surface area (Å²) >= 11 is 0. The van der Waals surface area contributed by atoms with Crippen molar-refractivity contribution in [2.45, 2.75) is 20.3 Å². The minimum absolute atomic E-state index is 0.384. The number of anilines is 1. The highest BCUT2D eigenvalue weighted by atomic mass is 16.4. The molecule has 2 aromatic rings. The Balaban J connectivity index is 1.96. The van der Waals surface area contributed by atoms with Crippen LogP contribution in [0, 0.1) is 23.2 Å². The highest BCUT2D eigenvalue weighted by molar-refractivity contribution is 5.59. The number of oxazole rings is 1. The molecule has 108 valence electrons. The van der Waals surface area contributed by atoms with Crippen LogP contribution in [0.2, 0.25) is 0 Å². The third-order valence-corrected chi connectivity index (χ3v) is 3.89. The van der Waals surface area contributed by atoms with Gasteiger partial charge >= 0.3 is 0 Å². The Morgan fingerprint density at radius 3 is 2.48 bits per heavy atom. The molecule has 0 saturated carbocycles. The van der Waals surface area contributed by atoms with Crippen molar-refractivity contribution >= 4 is 5.88 Å². The van der Waals surface area contributed by atoms with Gasteiger partial charge < -0.3 is 9.32 Å². The molecule has 1 aromatic heterocycles. The number of nitriles is 1. The van der Waals surface area contributed by atoms with Gasteiger partial charge in [0.2, 0.25) is 17.5 Å². The fraction of sp³-hybridized carbons (Fsp3) is 0.412. The summed E-state index contributed by atoms with van der Waals surface area (Å²) in [6.45, 7) is 6.32. The van der Waals surface area contributed by atoms with E-state index in [1.165, 1.54) is 6.42 Å². The Morgan fingerprint density at radius 2 is 1.86 bits per heavy atom. The van der Waals surface area contributed by atoms with Gasteiger partial charge in [-0.05, 0) is 30.4 Å². The van der Waals surface area contributed by atoms with E-state index >= 15 is 0 Å². The highest BCUT2D eigenvalue weighted by Gasteiger charge is 2.27. The highest BCUT2D eigenvalue weighted by Crippen LogP contribution is 2.32. The van der Waals surface area contributed by atoms with Crippen molar-refractivity contribution in [3.8, 4) is 17.5 Å². The van der Waals surface area contributed by atoms with E-state index in [0.29, 0.717) is 29.3 Å². The van der Waals surface area contributed by atoms with Crippen LogP contribution >= 0.6 is 0 Å². The first-order chi connectivity index (χ1) is 10.2. The van der Waals surface area contributed by atoms with Gasteiger partial charge in [0, 0.05) is 18.7 Å². The van der Waals surface area contributed by atoms with E-state index in [-0.39, 0.29) is 0 Å². The van der Waals surface area contributed by atoms with Crippen LogP contribution in [0.15, 0.2) is 34.7 Å². The lowest BCUT2D eigenvalue weighted by molar-refractivity contribution is 0.344. The Bertz CT molecular complexity index is 646. The second-order valence-electron chi connectivity index (χ2n) is 6.00. The smallest absolute Gasteiger partial charge is 0.235 e. The van der Waals surface area contributed by atoms with Gasteiger partial charge in [-0.1, -0.05) is 32.0 Å². The van der Waals surface area contributed by atoms with Crippen molar-refractivity contribution in [1.82, 2.24) is 4.98 Å². The molecular formula is C17H19N3O. The van der Waals surface area contributed by atoms with Crippen molar-refractivity contribution < 1.29 is 4.42 Å². The summed E-state index contributed by atoms with van der Waals surface area (Å²) in [5.41, 5.74) is 1.29. The topological polar surface area (TPSA) is 53.1 Å². The van der Waals surface area contributed by atoms with E-state index in [2.05, 4.69) is 29.8 Å². The largest absolute Gasteiger partial charge is 0.419 e. The molecule has 0 spiro atoms. The number of benzene rings is 1. The fourth-order valence-electron chi connectivity index (χ4n) is 3.13. The van der Waals surface area contributed by atoms with E-state index in [1.807, 2.05) is 30.3 Å². The van der Waals surface area contributed by atoms with Gasteiger partial charge in [0.1, 0.15) is 6.07 Å². The lowest BCUT2D eigenvalue weighted by atomic mass is 9.92. The van der Waals surface area contributed by atoms with Crippen LogP contribution < -0.4 is 4.90 Å². The van der Waals surface area contributed by atoms with Gasteiger partial charge in [-0.2, -0.15) is 10.2 Å². The van der Waals surface area contributed by atoms with E-state index < -0.39 is 0 Å². The molecule has 1 aliphatic heterocycles. The third kappa shape index (κ3) is 2.78. The van der Waals surface area contributed by atoms with E-state index in [9.17, 15) is 5.26 Å². The molecule has 4 heteroatoms. The number of piperidine rings is 1. The number of nitrogens with zero attached hydrogens (tertiary/aromatic N) is 3. The SMILES string of the molecule is C[C@H]1C[C@H](C)CN(c2oc(-c3ccccc3)nc2C#N)C1. The molecule has 21 heavy (non-hydrogen) atoms. The second-order valence-corrected chi connectivity index (χ2v) is 6.00. The molecule has 0 bridgehead atoms. The molecule has 0 N–H and O–H groups in total. The standard InChI is InChI=1S/C17H19N3O/c1-12-8-13(2)11-20(10-12)17-15(9-18)19-16(21-17)14-6-4-3-5-7-14/h3-7,12-13H,8,10-11H2,1-2H3/t12-,13-/m0/s1. The number of hydrogen-bond acceptors (Lipinski definition) is 4. The summed E-state index contributed by atoms with van der Waals surface area (Å²) in [6.07, 6.45) is 1.22. The zero-order chi connectivity index (χ0) is 14.8. The van der Waals surface area contributed by atoms with E-state index in [4.69, 9.17) is 4.42 Å². The quantitative estimate of drug-likeness (QED) is 0.842. The van der Waals surface area contributed by atoms with Crippen LogP contribution in [-0.4, -0.2) is 18.1 Å². The average Bonchev–Trinajstić information content (AvgIpc) is 2.91. The maximum absolute atomic E-state index is 9.34. The Kier molecular flexibility index (Phi) is 3.66. The maximum Gasteiger partial charge on any atom is 0.235 e. The Morgan fingerprint density at radius 1 is 1.19 bits per heavy atom. The average molecular weight is 281 g/mol. The lowest BCUT2D eigenvalue weighted by Gasteiger charge is -2.34. The van der Waals surface area contributed by atoms with Crippen molar-refractivity contribution in [3.05, 3.63) is 36.0 Å². The lowest BCUT2D eigenvalue weighted by Crippen LogP contribution is -2.38. The van der Waals surface area contributed by atoms with Gasteiger partial charge in [-0.3, -0.25) is 0 Å². The molecule has 0 amide bonds. The van der Waals surface area contributed by atoms with E-state index in [0.717, 1.165) is 18.7 Å². The van der Waals surface area contributed by atoms with Crippen LogP contribution in [-0.2, 0) is 0 Å². The van der Waals surface area contributed by atoms with Crippen LogP contribution in [0.5, 0.6) is 0 Å². The number of rotatable bonds is 2. The van der Waals surface area contributed by atoms with Crippen LogP contribution in [0.4, 0.5) is 5.88 Å². The van der Waals surface area contributed by atoms with Crippen LogP contribution in [0.25, 0.3) is 11.5 Å². The molecule has 1 aromatic carbocycles. The molecule has 1 fully saturated rings. The first-order valence-corrected chi connectivity index (χ1v) is 7.38. The van der Waals surface area contributed by atoms with Crippen molar-refractivity contribution in [2.24, 2.45) is 11.8 Å². The van der Waals surface area contributed by atoms with Gasteiger partial charge in [0.15, 0.2) is 0 Å². The summed E-state index contributed by atoms with van der Waals surface area (Å²) < 4.78 is 5.92. The molecule has 2 atom stereocenters. The molecule has 0 unspecified atom stereocenters. The van der Waals surface area contributed by atoms with Gasteiger partial charge in [0.05, 0.1) is 0 Å². The summed E-state index contributed by atoms with van der Waals surface area (Å²) in [7, 11) is 0. The predicted octanol–water partition coefficient (Wildman–Crippen LogP) is 3.70. The minimum Gasteiger partial charge on any atom is -0.419 e. The molecule has 0 radical (unpaired) electrons. The first kappa shape index (κ1) is 13.7. The summed E-state index contributed by atoms with van der Waals surface area (Å²) in [6, 6.07) is 11.9. The van der Waals surface area contributed by atoms with Crippen molar-refractivity contribution in [3.63, 3.8) is 0 Å². The minimum atomic E-state index is 0.384. The van der Waals surface area contributed by atoms with E-state index in [1.54, 1.807) is 0 Å². The summed E-state index contributed by atoms with van der Waals surface area (Å²) in [5.74, 6) is 2.35. The molecular weight excluding hydrogens is 262 g/mol. The molecule has 4 nitrogen and oxygen atoms in total. The van der Waals surface area contributed by atoms with Crippen LogP contribution in [0.3, 0.4) is 0 Å².